The molecule has 0 saturated heterocycles. The minimum atomic E-state index is -0.266. The Morgan fingerprint density at radius 2 is 1.80 bits per heavy atom. The number of hydrogen-bond donors (Lipinski definition) is 1. The monoisotopic (exact) mass is 394 g/mol. The summed E-state index contributed by atoms with van der Waals surface area (Å²) >= 11 is 6.87. The smallest absolute Gasteiger partial charge is 0.153 e. The number of rotatable bonds is 2. The van der Waals surface area contributed by atoms with Crippen LogP contribution in [0.3, 0.4) is 0 Å². The largest absolute Gasteiger partial charge is 0.319 e. The van der Waals surface area contributed by atoms with E-state index >= 15 is 0 Å². The average Bonchev–Trinajstić information content (AvgIpc) is 2.77. The van der Waals surface area contributed by atoms with E-state index in [2.05, 4.69) is 66.4 Å². The molecule has 20 heavy (non-hydrogen) atoms. The van der Waals surface area contributed by atoms with E-state index in [1.165, 1.54) is 5.39 Å². The lowest BCUT2D eigenvalue weighted by Gasteiger charge is -2.13. The number of benzene rings is 2. The molecule has 0 saturated carbocycles. The molecule has 1 unspecified atom stereocenters. The van der Waals surface area contributed by atoms with E-state index in [4.69, 9.17) is 5.73 Å². The lowest BCUT2D eigenvalue weighted by atomic mass is 10.0. The SMILES string of the molecule is Cn1nnc(Br)c1C(N)c1ccc2cc(Br)ccc2c1. The van der Waals surface area contributed by atoms with Crippen molar-refractivity contribution in [1.29, 1.82) is 0 Å². The lowest BCUT2D eigenvalue weighted by Crippen LogP contribution is -2.16. The van der Waals surface area contributed by atoms with Gasteiger partial charge in [-0.1, -0.05) is 39.3 Å². The van der Waals surface area contributed by atoms with Crippen LogP contribution in [-0.4, -0.2) is 15.0 Å². The third kappa shape index (κ3) is 2.39. The molecule has 0 aliphatic rings. The van der Waals surface area contributed by atoms with Gasteiger partial charge in [-0.2, -0.15) is 0 Å². The van der Waals surface area contributed by atoms with Crippen LogP contribution in [0.25, 0.3) is 10.8 Å². The summed E-state index contributed by atoms with van der Waals surface area (Å²) in [7, 11) is 1.84. The van der Waals surface area contributed by atoms with Gasteiger partial charge in [-0.15, -0.1) is 5.10 Å². The van der Waals surface area contributed by atoms with Crippen molar-refractivity contribution in [3.8, 4) is 0 Å². The fourth-order valence-electron chi connectivity index (χ4n) is 2.26. The van der Waals surface area contributed by atoms with E-state index in [1.807, 2.05) is 19.2 Å². The molecule has 0 radical (unpaired) electrons. The Bertz CT molecular complexity index is 762. The molecule has 1 heterocycles. The number of hydrogen-bond acceptors (Lipinski definition) is 3. The zero-order valence-corrected chi connectivity index (χ0v) is 13.9. The van der Waals surface area contributed by atoms with Crippen LogP contribution in [0.5, 0.6) is 0 Å². The molecule has 3 rings (SSSR count). The highest BCUT2D eigenvalue weighted by Crippen LogP contribution is 2.28. The van der Waals surface area contributed by atoms with Crippen molar-refractivity contribution in [3.05, 3.63) is 56.7 Å². The Hall–Kier alpha value is -1.24. The number of aryl methyl sites for hydroxylation is 1. The molecule has 2 aromatic carbocycles. The molecule has 0 aliphatic heterocycles. The fourth-order valence-corrected chi connectivity index (χ4v) is 3.21. The number of halogens is 2. The first-order chi connectivity index (χ1) is 9.56. The molecule has 4 nitrogen and oxygen atoms in total. The van der Waals surface area contributed by atoms with Gasteiger partial charge in [0.25, 0.3) is 0 Å². The lowest BCUT2D eigenvalue weighted by molar-refractivity contribution is 0.651. The Morgan fingerprint density at radius 1 is 1.10 bits per heavy atom. The Morgan fingerprint density at radius 3 is 2.50 bits per heavy atom. The standard InChI is InChI=1S/C14H12Br2N4/c1-20-13(14(16)18-19-20)12(17)10-3-2-9-7-11(15)5-4-8(9)6-10/h2-7,12H,17H2,1H3. The molecule has 0 fully saturated rings. The van der Waals surface area contributed by atoms with Crippen LogP contribution in [-0.2, 0) is 7.05 Å². The van der Waals surface area contributed by atoms with E-state index in [1.54, 1.807) is 4.68 Å². The van der Waals surface area contributed by atoms with Crippen LogP contribution >= 0.6 is 31.9 Å². The van der Waals surface area contributed by atoms with Crippen LogP contribution in [0.2, 0.25) is 0 Å². The first-order valence-corrected chi connectivity index (χ1v) is 7.65. The number of nitrogens with zero attached hydrogens (tertiary/aromatic N) is 3. The Kier molecular flexibility index (Phi) is 3.62. The average molecular weight is 396 g/mol. The minimum absolute atomic E-state index is 0.266. The second kappa shape index (κ2) is 5.27. The highest BCUT2D eigenvalue weighted by Gasteiger charge is 2.18. The van der Waals surface area contributed by atoms with Gasteiger partial charge < -0.3 is 5.73 Å². The minimum Gasteiger partial charge on any atom is -0.319 e. The molecular formula is C14H12Br2N4. The first-order valence-electron chi connectivity index (χ1n) is 6.06. The maximum Gasteiger partial charge on any atom is 0.153 e. The Labute approximate surface area is 133 Å². The summed E-state index contributed by atoms with van der Waals surface area (Å²) in [5.74, 6) is 0. The van der Waals surface area contributed by atoms with Crippen LogP contribution < -0.4 is 5.73 Å². The maximum atomic E-state index is 6.34. The first kappa shape index (κ1) is 13.7. The molecule has 102 valence electrons. The van der Waals surface area contributed by atoms with Crippen LogP contribution in [0, 0.1) is 0 Å². The van der Waals surface area contributed by atoms with Gasteiger partial charge in [-0.05, 0) is 50.5 Å². The van der Waals surface area contributed by atoms with Crippen molar-refractivity contribution in [3.63, 3.8) is 0 Å². The normalized spacial score (nSPS) is 12.8. The second-order valence-electron chi connectivity index (χ2n) is 4.62. The van der Waals surface area contributed by atoms with Crippen molar-refractivity contribution in [2.75, 3.05) is 0 Å². The quantitative estimate of drug-likeness (QED) is 0.721. The summed E-state index contributed by atoms with van der Waals surface area (Å²) in [6, 6.07) is 12.1. The van der Waals surface area contributed by atoms with Crippen LogP contribution in [0.15, 0.2) is 45.5 Å². The summed E-state index contributed by atoms with van der Waals surface area (Å²) < 4.78 is 3.45. The van der Waals surface area contributed by atoms with Gasteiger partial charge >= 0.3 is 0 Å². The van der Waals surface area contributed by atoms with Gasteiger partial charge in [0.05, 0.1) is 11.7 Å². The van der Waals surface area contributed by atoms with Crippen molar-refractivity contribution in [2.24, 2.45) is 12.8 Å². The van der Waals surface area contributed by atoms with E-state index in [9.17, 15) is 0 Å². The van der Waals surface area contributed by atoms with Crippen molar-refractivity contribution in [1.82, 2.24) is 15.0 Å². The topological polar surface area (TPSA) is 56.7 Å². The molecule has 3 aromatic rings. The number of aromatic nitrogens is 3. The van der Waals surface area contributed by atoms with E-state index in [0.29, 0.717) is 4.60 Å². The van der Waals surface area contributed by atoms with Gasteiger partial charge in [0.15, 0.2) is 4.60 Å². The zero-order valence-electron chi connectivity index (χ0n) is 10.7. The van der Waals surface area contributed by atoms with Crippen LogP contribution in [0.1, 0.15) is 17.3 Å². The predicted octanol–water partition coefficient (Wildman–Crippen LogP) is 3.54. The molecule has 6 heteroatoms. The third-order valence-electron chi connectivity index (χ3n) is 3.31. The van der Waals surface area contributed by atoms with E-state index < -0.39 is 0 Å². The molecule has 0 amide bonds. The van der Waals surface area contributed by atoms with Gasteiger partial charge in [-0.25, -0.2) is 4.68 Å². The summed E-state index contributed by atoms with van der Waals surface area (Å²) in [5, 5.41) is 10.3. The van der Waals surface area contributed by atoms with Gasteiger partial charge in [0.1, 0.15) is 0 Å². The molecular weight excluding hydrogens is 384 g/mol. The number of fused-ring (bicyclic) bond motifs is 1. The second-order valence-corrected chi connectivity index (χ2v) is 6.28. The third-order valence-corrected chi connectivity index (χ3v) is 4.36. The molecule has 0 bridgehead atoms. The van der Waals surface area contributed by atoms with Crippen molar-refractivity contribution >= 4 is 42.6 Å². The van der Waals surface area contributed by atoms with E-state index in [0.717, 1.165) is 21.1 Å². The summed E-state index contributed by atoms with van der Waals surface area (Å²) in [5.41, 5.74) is 8.24. The highest BCUT2D eigenvalue weighted by molar-refractivity contribution is 9.10. The Balaban J connectivity index is 2.08. The molecule has 1 atom stereocenters. The maximum absolute atomic E-state index is 6.34. The van der Waals surface area contributed by atoms with Gasteiger partial charge in [0.2, 0.25) is 0 Å². The molecule has 0 aliphatic carbocycles. The molecule has 1 aromatic heterocycles. The van der Waals surface area contributed by atoms with Gasteiger partial charge in [-0.3, -0.25) is 0 Å². The summed E-state index contributed by atoms with van der Waals surface area (Å²) in [6.07, 6.45) is 0. The van der Waals surface area contributed by atoms with Crippen molar-refractivity contribution in [2.45, 2.75) is 6.04 Å². The zero-order chi connectivity index (χ0) is 14.3. The van der Waals surface area contributed by atoms with Crippen molar-refractivity contribution < 1.29 is 0 Å². The van der Waals surface area contributed by atoms with Gasteiger partial charge in [0, 0.05) is 11.5 Å². The molecule has 0 spiro atoms. The summed E-state index contributed by atoms with van der Waals surface area (Å²) in [4.78, 5) is 0. The van der Waals surface area contributed by atoms with Crippen LogP contribution in [0.4, 0.5) is 0 Å². The number of nitrogens with two attached hydrogens (primary N) is 1. The molecule has 2 N–H and O–H groups in total. The highest BCUT2D eigenvalue weighted by atomic mass is 79.9. The van der Waals surface area contributed by atoms with E-state index in [-0.39, 0.29) is 6.04 Å². The predicted molar refractivity (Wildman–Crippen MR) is 86.4 cm³/mol. The fraction of sp³-hybridized carbons (Fsp3) is 0.143. The summed E-state index contributed by atoms with van der Waals surface area (Å²) in [6.45, 7) is 0.